The maximum absolute atomic E-state index is 12.5. The fraction of sp³-hybridized carbons (Fsp3) is 0.471. The number of thioether (sulfide) groups is 1. The van der Waals surface area contributed by atoms with Gasteiger partial charge in [-0.25, -0.2) is 8.42 Å². The zero-order valence-corrected chi connectivity index (χ0v) is 17.5. The van der Waals surface area contributed by atoms with Crippen LogP contribution in [-0.2, 0) is 21.2 Å². The fourth-order valence-corrected chi connectivity index (χ4v) is 5.83. The summed E-state index contributed by atoms with van der Waals surface area (Å²) >= 11 is 7.24. The smallest absolute Gasteiger partial charge is 0.233 e. The summed E-state index contributed by atoms with van der Waals surface area (Å²) in [7, 11) is -1.35. The standard InChI is InChI=1S/C17H21ClN4O3S2/c1-3-22-16(12-4-6-13(18)7-5-12)19-20-17(22)26-10-15(23)21(2)14-8-9-27(24,25)11-14/h4-7,14H,3,8-11H2,1-2H3/t14-/m1/s1. The first-order valence-electron chi connectivity index (χ1n) is 8.58. The van der Waals surface area contributed by atoms with Crippen molar-refractivity contribution in [3.8, 4) is 11.4 Å². The van der Waals surface area contributed by atoms with E-state index in [0.717, 1.165) is 11.4 Å². The van der Waals surface area contributed by atoms with Crippen LogP contribution in [-0.4, -0.2) is 64.3 Å². The zero-order chi connectivity index (χ0) is 19.6. The largest absolute Gasteiger partial charge is 0.341 e. The van der Waals surface area contributed by atoms with Crippen LogP contribution >= 0.6 is 23.4 Å². The number of hydrogen-bond donors (Lipinski definition) is 0. The highest BCUT2D eigenvalue weighted by Crippen LogP contribution is 2.26. The summed E-state index contributed by atoms with van der Waals surface area (Å²) in [5, 5.41) is 9.77. The number of benzene rings is 1. The molecule has 0 spiro atoms. The summed E-state index contributed by atoms with van der Waals surface area (Å²) in [6, 6.07) is 7.12. The molecule has 1 atom stereocenters. The molecule has 1 aliphatic heterocycles. The summed E-state index contributed by atoms with van der Waals surface area (Å²) in [6.07, 6.45) is 0.501. The van der Waals surface area contributed by atoms with Gasteiger partial charge in [0.1, 0.15) is 0 Å². The van der Waals surface area contributed by atoms with E-state index in [-0.39, 0.29) is 29.2 Å². The molecule has 2 heterocycles. The summed E-state index contributed by atoms with van der Waals surface area (Å²) < 4.78 is 25.2. The second kappa shape index (κ2) is 8.20. The van der Waals surface area contributed by atoms with Gasteiger partial charge >= 0.3 is 0 Å². The number of aromatic nitrogens is 3. The first-order valence-corrected chi connectivity index (χ1v) is 11.8. The zero-order valence-electron chi connectivity index (χ0n) is 15.1. The molecule has 2 aromatic rings. The van der Waals surface area contributed by atoms with Crippen molar-refractivity contribution < 1.29 is 13.2 Å². The van der Waals surface area contributed by atoms with Crippen molar-refractivity contribution in [3.63, 3.8) is 0 Å². The fourth-order valence-electron chi connectivity index (χ4n) is 3.01. The Kier molecular flexibility index (Phi) is 6.12. The topological polar surface area (TPSA) is 85.2 Å². The lowest BCUT2D eigenvalue weighted by Gasteiger charge is -2.23. The summed E-state index contributed by atoms with van der Waals surface area (Å²) in [4.78, 5) is 14.0. The summed E-state index contributed by atoms with van der Waals surface area (Å²) in [6.45, 7) is 2.66. The van der Waals surface area contributed by atoms with Crippen molar-refractivity contribution in [1.29, 1.82) is 0 Å². The first kappa shape index (κ1) is 20.2. The molecule has 0 radical (unpaired) electrons. The molecule has 0 unspecified atom stereocenters. The first-order chi connectivity index (χ1) is 12.8. The van der Waals surface area contributed by atoms with Crippen LogP contribution in [0.5, 0.6) is 0 Å². The average molecular weight is 429 g/mol. The lowest BCUT2D eigenvalue weighted by Crippen LogP contribution is -2.38. The highest BCUT2D eigenvalue weighted by atomic mass is 35.5. The Morgan fingerprint density at radius 2 is 2.04 bits per heavy atom. The molecule has 1 saturated heterocycles. The molecule has 10 heteroatoms. The molecule has 146 valence electrons. The SMILES string of the molecule is CCn1c(SCC(=O)N(C)[C@@H]2CCS(=O)(=O)C2)nnc1-c1ccc(Cl)cc1. The van der Waals surface area contributed by atoms with Crippen molar-refractivity contribution in [2.24, 2.45) is 0 Å². The molecule has 0 bridgehead atoms. The Hall–Kier alpha value is -1.58. The van der Waals surface area contributed by atoms with Crippen LogP contribution in [0, 0.1) is 0 Å². The predicted octanol–water partition coefficient (Wildman–Crippen LogP) is 2.36. The molecule has 1 aromatic heterocycles. The van der Waals surface area contributed by atoms with Gasteiger partial charge in [0.15, 0.2) is 20.8 Å². The van der Waals surface area contributed by atoms with Crippen LogP contribution in [0.2, 0.25) is 5.02 Å². The van der Waals surface area contributed by atoms with Crippen LogP contribution in [0.25, 0.3) is 11.4 Å². The Morgan fingerprint density at radius 3 is 2.63 bits per heavy atom. The van der Waals surface area contributed by atoms with Crippen LogP contribution in [0.1, 0.15) is 13.3 Å². The number of rotatable bonds is 6. The summed E-state index contributed by atoms with van der Waals surface area (Å²) in [5.41, 5.74) is 0.903. The summed E-state index contributed by atoms with van der Waals surface area (Å²) in [5.74, 6) is 0.995. The van der Waals surface area contributed by atoms with E-state index in [9.17, 15) is 13.2 Å². The molecule has 3 rings (SSSR count). The Balaban J connectivity index is 1.67. The van der Waals surface area contributed by atoms with E-state index >= 15 is 0 Å². The minimum Gasteiger partial charge on any atom is -0.341 e. The quantitative estimate of drug-likeness (QED) is 0.656. The van der Waals surface area contributed by atoms with Gasteiger partial charge in [0.25, 0.3) is 0 Å². The van der Waals surface area contributed by atoms with E-state index in [1.54, 1.807) is 24.1 Å². The average Bonchev–Trinajstić information content (AvgIpc) is 3.22. The number of carbonyl (C=O) groups is 1. The molecule has 27 heavy (non-hydrogen) atoms. The number of halogens is 1. The monoisotopic (exact) mass is 428 g/mol. The molecule has 0 saturated carbocycles. The van der Waals surface area contributed by atoms with Crippen molar-refractivity contribution >= 4 is 39.1 Å². The maximum atomic E-state index is 12.5. The van der Waals surface area contributed by atoms with Gasteiger partial charge in [-0.1, -0.05) is 23.4 Å². The van der Waals surface area contributed by atoms with Crippen LogP contribution in [0.3, 0.4) is 0 Å². The van der Waals surface area contributed by atoms with Gasteiger partial charge < -0.3 is 9.47 Å². The van der Waals surface area contributed by atoms with Crippen LogP contribution in [0.15, 0.2) is 29.4 Å². The van der Waals surface area contributed by atoms with Gasteiger partial charge in [-0.2, -0.15) is 0 Å². The third-order valence-electron chi connectivity index (χ3n) is 4.61. The molecule has 1 aromatic carbocycles. The molecule has 1 fully saturated rings. The molecular weight excluding hydrogens is 408 g/mol. The third kappa shape index (κ3) is 4.64. The van der Waals surface area contributed by atoms with Crippen molar-refractivity contribution in [2.75, 3.05) is 24.3 Å². The lowest BCUT2D eigenvalue weighted by atomic mass is 10.2. The van der Waals surface area contributed by atoms with E-state index < -0.39 is 9.84 Å². The second-order valence-corrected chi connectivity index (χ2v) is 10.0. The van der Waals surface area contributed by atoms with Crippen molar-refractivity contribution in [2.45, 2.75) is 31.1 Å². The number of carbonyl (C=O) groups excluding carboxylic acids is 1. The van der Waals surface area contributed by atoms with Gasteiger partial charge in [-0.15, -0.1) is 10.2 Å². The van der Waals surface area contributed by atoms with Gasteiger partial charge in [0.2, 0.25) is 5.91 Å². The van der Waals surface area contributed by atoms with Crippen LogP contribution in [0.4, 0.5) is 0 Å². The van der Waals surface area contributed by atoms with Crippen molar-refractivity contribution in [1.82, 2.24) is 19.7 Å². The van der Waals surface area contributed by atoms with E-state index in [2.05, 4.69) is 10.2 Å². The van der Waals surface area contributed by atoms with E-state index in [1.165, 1.54) is 11.8 Å². The Morgan fingerprint density at radius 1 is 1.33 bits per heavy atom. The third-order valence-corrected chi connectivity index (χ3v) is 7.56. The van der Waals surface area contributed by atoms with E-state index in [0.29, 0.717) is 23.1 Å². The lowest BCUT2D eigenvalue weighted by molar-refractivity contribution is -0.128. The van der Waals surface area contributed by atoms with Crippen LogP contribution < -0.4 is 0 Å². The van der Waals surface area contributed by atoms with Crippen molar-refractivity contribution in [3.05, 3.63) is 29.3 Å². The van der Waals surface area contributed by atoms with E-state index in [4.69, 9.17) is 11.6 Å². The molecule has 1 amide bonds. The Bertz CT molecular complexity index is 928. The normalized spacial score (nSPS) is 18.6. The molecule has 1 aliphatic rings. The Labute approximate surface area is 168 Å². The molecule has 0 N–H and O–H groups in total. The molecule has 7 nitrogen and oxygen atoms in total. The minimum atomic E-state index is -3.02. The minimum absolute atomic E-state index is 0.0474. The highest BCUT2D eigenvalue weighted by molar-refractivity contribution is 7.99. The number of nitrogens with zero attached hydrogens (tertiary/aromatic N) is 4. The number of amides is 1. The van der Waals surface area contributed by atoms with E-state index in [1.807, 2.05) is 23.6 Å². The predicted molar refractivity (Wildman–Crippen MR) is 107 cm³/mol. The maximum Gasteiger partial charge on any atom is 0.233 e. The van der Waals surface area contributed by atoms with Gasteiger partial charge in [-0.05, 0) is 37.6 Å². The second-order valence-electron chi connectivity index (χ2n) is 6.41. The molecule has 0 aliphatic carbocycles. The molecular formula is C17H21ClN4O3S2. The van der Waals surface area contributed by atoms with Gasteiger partial charge in [-0.3, -0.25) is 4.79 Å². The number of sulfone groups is 1. The van der Waals surface area contributed by atoms with Gasteiger partial charge in [0, 0.05) is 30.2 Å². The van der Waals surface area contributed by atoms with Gasteiger partial charge in [0.05, 0.1) is 17.3 Å². The number of hydrogen-bond acceptors (Lipinski definition) is 6. The highest BCUT2D eigenvalue weighted by Gasteiger charge is 2.32.